The van der Waals surface area contributed by atoms with Gasteiger partial charge in [-0.1, -0.05) is 13.8 Å². The molecule has 0 aromatic carbocycles. The summed E-state index contributed by atoms with van der Waals surface area (Å²) in [5.74, 6) is 1.93. The molecule has 2 aromatic heterocycles. The minimum atomic E-state index is -0.0890. The molecule has 2 aliphatic rings. The summed E-state index contributed by atoms with van der Waals surface area (Å²) in [6.45, 7) is 8.99. The van der Waals surface area contributed by atoms with Crippen LogP contribution in [0, 0.1) is 11.3 Å². The maximum absolute atomic E-state index is 12.6. The monoisotopic (exact) mass is 385 g/mol. The van der Waals surface area contributed by atoms with E-state index in [0.29, 0.717) is 18.3 Å². The summed E-state index contributed by atoms with van der Waals surface area (Å²) >= 11 is 0. The predicted octanol–water partition coefficient (Wildman–Crippen LogP) is 2.88. The first-order valence-corrected chi connectivity index (χ1v) is 10.5. The van der Waals surface area contributed by atoms with Crippen LogP contribution in [0.4, 0.5) is 0 Å². The Hall–Kier alpha value is -2.15. The van der Waals surface area contributed by atoms with Crippen LogP contribution >= 0.6 is 0 Å². The van der Waals surface area contributed by atoms with Gasteiger partial charge in [-0.3, -0.25) is 9.69 Å². The number of carbonyl (C=O) groups is 1. The van der Waals surface area contributed by atoms with Gasteiger partial charge in [-0.2, -0.15) is 0 Å². The van der Waals surface area contributed by atoms with Crippen LogP contribution in [-0.4, -0.2) is 45.2 Å². The van der Waals surface area contributed by atoms with Gasteiger partial charge in [-0.15, -0.1) is 10.2 Å². The Labute approximate surface area is 166 Å². The smallest absolute Gasteiger partial charge is 0.289 e. The van der Waals surface area contributed by atoms with E-state index >= 15 is 0 Å². The highest BCUT2D eigenvalue weighted by Crippen LogP contribution is 2.41. The van der Waals surface area contributed by atoms with Gasteiger partial charge < -0.3 is 14.3 Å². The molecule has 28 heavy (non-hydrogen) atoms. The number of piperidine rings is 1. The average Bonchev–Trinajstić information content (AvgIpc) is 3.33. The van der Waals surface area contributed by atoms with E-state index < -0.39 is 0 Å². The zero-order chi connectivity index (χ0) is 19.6. The van der Waals surface area contributed by atoms with Crippen molar-refractivity contribution in [2.75, 3.05) is 19.6 Å². The number of carbonyl (C=O) groups excluding carboxylic acids is 1. The first-order chi connectivity index (χ1) is 13.5. The third-order valence-corrected chi connectivity index (χ3v) is 6.31. The van der Waals surface area contributed by atoms with Crippen LogP contribution in [0.1, 0.15) is 61.5 Å². The summed E-state index contributed by atoms with van der Waals surface area (Å²) in [4.78, 5) is 15.1. The molecule has 0 saturated carbocycles. The van der Waals surface area contributed by atoms with Crippen LogP contribution in [0.15, 0.2) is 23.0 Å². The third kappa shape index (κ3) is 4.14. The summed E-state index contributed by atoms with van der Waals surface area (Å²) in [6, 6.07) is 2.04. The van der Waals surface area contributed by atoms with Gasteiger partial charge in [-0.25, -0.2) is 0 Å². The van der Waals surface area contributed by atoms with Gasteiger partial charge in [0.25, 0.3) is 5.91 Å². The SMILES string of the molecule is CC(C)CCNC(=O)c1nnc2n1CC1(CC2)CCN(Cc2ccoc2)CC1. The fourth-order valence-electron chi connectivity index (χ4n) is 4.43. The number of rotatable bonds is 6. The van der Waals surface area contributed by atoms with Gasteiger partial charge >= 0.3 is 0 Å². The molecule has 0 bridgehead atoms. The van der Waals surface area contributed by atoms with Gasteiger partial charge in [0.1, 0.15) is 5.82 Å². The van der Waals surface area contributed by atoms with Crippen molar-refractivity contribution in [1.82, 2.24) is 25.0 Å². The molecule has 0 atom stereocenters. The average molecular weight is 386 g/mol. The molecule has 0 unspecified atom stereocenters. The number of nitrogens with zero attached hydrogens (tertiary/aromatic N) is 4. The van der Waals surface area contributed by atoms with E-state index in [2.05, 4.69) is 38.8 Å². The van der Waals surface area contributed by atoms with E-state index in [1.54, 1.807) is 6.26 Å². The predicted molar refractivity (Wildman–Crippen MR) is 106 cm³/mol. The molecule has 1 spiro atoms. The van der Waals surface area contributed by atoms with Crippen molar-refractivity contribution in [3.8, 4) is 0 Å². The molecule has 1 saturated heterocycles. The van der Waals surface area contributed by atoms with Crippen LogP contribution in [0.2, 0.25) is 0 Å². The molecule has 4 rings (SSSR count). The van der Waals surface area contributed by atoms with Crippen molar-refractivity contribution in [2.45, 2.75) is 59.0 Å². The van der Waals surface area contributed by atoms with Crippen LogP contribution in [-0.2, 0) is 19.5 Å². The number of fused-ring (bicyclic) bond motifs is 1. The van der Waals surface area contributed by atoms with Crippen LogP contribution in [0.25, 0.3) is 0 Å². The normalized spacial score (nSPS) is 19.1. The number of furan rings is 1. The molecular weight excluding hydrogens is 354 g/mol. The largest absolute Gasteiger partial charge is 0.472 e. The van der Waals surface area contributed by atoms with Crippen molar-refractivity contribution in [3.63, 3.8) is 0 Å². The number of hydrogen-bond donors (Lipinski definition) is 1. The van der Waals surface area contributed by atoms with Crippen molar-refractivity contribution in [2.24, 2.45) is 11.3 Å². The third-order valence-electron chi connectivity index (χ3n) is 6.31. The maximum atomic E-state index is 12.6. The highest BCUT2D eigenvalue weighted by atomic mass is 16.3. The van der Waals surface area contributed by atoms with Crippen LogP contribution in [0.5, 0.6) is 0 Å². The number of likely N-dealkylation sites (tertiary alicyclic amines) is 1. The van der Waals surface area contributed by atoms with Gasteiger partial charge in [0.2, 0.25) is 5.82 Å². The minimum absolute atomic E-state index is 0.0890. The summed E-state index contributed by atoms with van der Waals surface area (Å²) in [5, 5.41) is 11.5. The van der Waals surface area contributed by atoms with E-state index in [1.807, 2.05) is 12.3 Å². The molecule has 7 heteroatoms. The number of hydrogen-bond acceptors (Lipinski definition) is 5. The summed E-state index contributed by atoms with van der Waals surface area (Å²) in [5.41, 5.74) is 1.50. The fraction of sp³-hybridized carbons (Fsp3) is 0.667. The number of nitrogens with one attached hydrogen (secondary N) is 1. The molecule has 152 valence electrons. The number of amides is 1. The van der Waals surface area contributed by atoms with Gasteiger partial charge in [-0.05, 0) is 56.2 Å². The summed E-state index contributed by atoms with van der Waals surface area (Å²) in [7, 11) is 0. The van der Waals surface area contributed by atoms with E-state index in [1.165, 1.54) is 5.56 Å². The lowest BCUT2D eigenvalue weighted by Crippen LogP contribution is -2.44. The van der Waals surface area contributed by atoms with Crippen molar-refractivity contribution in [1.29, 1.82) is 0 Å². The van der Waals surface area contributed by atoms with E-state index in [9.17, 15) is 4.79 Å². The summed E-state index contributed by atoms with van der Waals surface area (Å²) < 4.78 is 7.27. The first-order valence-electron chi connectivity index (χ1n) is 10.5. The zero-order valence-electron chi connectivity index (χ0n) is 17.0. The van der Waals surface area contributed by atoms with Crippen LogP contribution < -0.4 is 5.32 Å². The molecule has 2 aromatic rings. The maximum Gasteiger partial charge on any atom is 0.289 e. The molecule has 0 radical (unpaired) electrons. The second-order valence-electron chi connectivity index (χ2n) is 8.87. The standard InChI is InChI=1S/C21H31N5O2/c1-16(2)4-9-22-20(27)19-24-23-18-3-6-21(15-26(18)19)7-10-25(11-8-21)13-17-5-12-28-14-17/h5,12,14,16H,3-4,6-11,13,15H2,1-2H3,(H,22,27). The topological polar surface area (TPSA) is 76.2 Å². The Kier molecular flexibility index (Phi) is 5.53. The minimum Gasteiger partial charge on any atom is -0.472 e. The van der Waals surface area contributed by atoms with E-state index in [4.69, 9.17) is 4.42 Å². The van der Waals surface area contributed by atoms with Crippen molar-refractivity contribution in [3.05, 3.63) is 35.8 Å². The lowest BCUT2D eigenvalue weighted by molar-refractivity contribution is 0.0617. The Bertz CT molecular complexity index is 788. The second kappa shape index (κ2) is 8.07. The Balaban J connectivity index is 1.38. The number of aromatic nitrogens is 3. The second-order valence-corrected chi connectivity index (χ2v) is 8.87. The van der Waals surface area contributed by atoms with Gasteiger partial charge in [0.05, 0.1) is 12.5 Å². The molecule has 1 amide bonds. The van der Waals surface area contributed by atoms with Crippen molar-refractivity contribution < 1.29 is 9.21 Å². The highest BCUT2D eigenvalue weighted by Gasteiger charge is 2.39. The van der Waals surface area contributed by atoms with Gasteiger partial charge in [0.15, 0.2) is 0 Å². The lowest BCUT2D eigenvalue weighted by atomic mass is 9.73. The molecule has 4 heterocycles. The number of aryl methyl sites for hydroxylation is 1. The molecule has 7 nitrogen and oxygen atoms in total. The first kappa shape index (κ1) is 19.2. The lowest BCUT2D eigenvalue weighted by Gasteiger charge is -2.44. The Morgan fingerprint density at radius 3 is 2.82 bits per heavy atom. The Morgan fingerprint density at radius 1 is 1.29 bits per heavy atom. The van der Waals surface area contributed by atoms with E-state index in [0.717, 1.165) is 64.1 Å². The Morgan fingerprint density at radius 2 is 2.11 bits per heavy atom. The molecule has 1 fully saturated rings. The molecule has 0 aliphatic carbocycles. The molecule has 2 aliphatic heterocycles. The summed E-state index contributed by atoms with van der Waals surface area (Å²) in [6.07, 6.45) is 8.90. The van der Waals surface area contributed by atoms with E-state index in [-0.39, 0.29) is 11.3 Å². The van der Waals surface area contributed by atoms with Crippen molar-refractivity contribution >= 4 is 5.91 Å². The zero-order valence-corrected chi connectivity index (χ0v) is 17.0. The van der Waals surface area contributed by atoms with Gasteiger partial charge in [0, 0.05) is 31.6 Å². The van der Waals surface area contributed by atoms with Crippen LogP contribution in [0.3, 0.4) is 0 Å². The fourth-order valence-corrected chi connectivity index (χ4v) is 4.43. The molecule has 1 N–H and O–H groups in total. The quantitative estimate of drug-likeness (QED) is 0.827. The highest BCUT2D eigenvalue weighted by molar-refractivity contribution is 5.90. The molecular formula is C21H31N5O2.